The number of thioether (sulfide) groups is 1. The predicted molar refractivity (Wildman–Crippen MR) is 224 cm³/mol. The smallest absolute Gasteiger partial charge is 0.408 e. The number of benzene rings is 2. The number of carbonyl (C=O) groups is 3. The number of halogens is 1. The molecule has 2 heterocycles. The molecule has 4 aromatic rings. The van der Waals surface area contributed by atoms with Gasteiger partial charge in [-0.15, -0.1) is 11.3 Å². The van der Waals surface area contributed by atoms with E-state index in [9.17, 15) is 19.6 Å². The van der Waals surface area contributed by atoms with E-state index in [2.05, 4.69) is 26.5 Å². The molecule has 0 spiro atoms. The maximum absolute atomic E-state index is 13.1. The minimum atomic E-state index is -0.908. The van der Waals surface area contributed by atoms with Crippen molar-refractivity contribution in [3.8, 4) is 33.5 Å². The van der Waals surface area contributed by atoms with Crippen LogP contribution in [0.5, 0.6) is 5.75 Å². The SMILES string of the molecule is [C-]#[N+]c1c(NC(=O)CCCN(C)C)nc(SCc2csc(-c3ccc(Cl)cc3)n2)c(C#N)c1-c1ccc(OCCOC(=O)[C@@H](NC(=O)OC(C)(C)C)C(C)C)cc1. The highest BCUT2D eigenvalue weighted by molar-refractivity contribution is 7.98. The number of thiazole rings is 1. The molecule has 300 valence electrons. The zero-order valence-corrected chi connectivity index (χ0v) is 35.4. The van der Waals surface area contributed by atoms with Crippen LogP contribution in [0, 0.1) is 23.8 Å². The number of aromatic nitrogens is 2. The molecular weight excluding hydrogens is 786 g/mol. The molecule has 0 unspecified atom stereocenters. The molecule has 0 bridgehead atoms. The maximum Gasteiger partial charge on any atom is 0.408 e. The molecule has 0 saturated carbocycles. The average molecular weight is 832 g/mol. The lowest BCUT2D eigenvalue weighted by molar-refractivity contribution is -0.148. The van der Waals surface area contributed by atoms with Crippen LogP contribution in [0.25, 0.3) is 26.5 Å². The summed E-state index contributed by atoms with van der Waals surface area (Å²) in [7, 11) is 3.85. The topological polar surface area (TPSA) is 160 Å². The third kappa shape index (κ3) is 13.5. The largest absolute Gasteiger partial charge is 0.490 e. The van der Waals surface area contributed by atoms with Crippen LogP contribution in [-0.4, -0.2) is 78.3 Å². The highest BCUT2D eigenvalue weighted by Crippen LogP contribution is 2.43. The van der Waals surface area contributed by atoms with Gasteiger partial charge in [0.2, 0.25) is 11.6 Å². The highest BCUT2D eigenvalue weighted by atomic mass is 35.5. The summed E-state index contributed by atoms with van der Waals surface area (Å²) in [5, 5.41) is 19.6. The Bertz CT molecular complexity index is 2100. The lowest BCUT2D eigenvalue weighted by Gasteiger charge is -2.24. The number of ether oxygens (including phenoxy) is 3. The van der Waals surface area contributed by atoms with E-state index in [0.717, 1.165) is 16.3 Å². The summed E-state index contributed by atoms with van der Waals surface area (Å²) < 4.78 is 16.5. The normalized spacial score (nSPS) is 11.7. The molecular formula is C41H46ClN7O6S2. The summed E-state index contributed by atoms with van der Waals surface area (Å²) in [4.78, 5) is 53.3. The number of alkyl carbamates (subject to hydrolysis) is 1. The highest BCUT2D eigenvalue weighted by Gasteiger charge is 2.28. The van der Waals surface area contributed by atoms with E-state index in [4.69, 9.17) is 37.4 Å². The molecule has 1 atom stereocenters. The molecule has 0 aliphatic carbocycles. The van der Waals surface area contributed by atoms with Gasteiger partial charge in [-0.05, 0) is 83.6 Å². The Morgan fingerprint density at radius 1 is 1.05 bits per heavy atom. The van der Waals surface area contributed by atoms with Gasteiger partial charge < -0.3 is 29.7 Å². The second kappa shape index (κ2) is 20.8. The van der Waals surface area contributed by atoms with Gasteiger partial charge in [0.1, 0.15) is 52.5 Å². The number of pyridine rings is 1. The van der Waals surface area contributed by atoms with Gasteiger partial charge in [-0.1, -0.05) is 61.5 Å². The van der Waals surface area contributed by atoms with Crippen LogP contribution in [0.2, 0.25) is 5.02 Å². The van der Waals surface area contributed by atoms with Crippen molar-refractivity contribution in [1.29, 1.82) is 5.26 Å². The molecule has 0 fully saturated rings. The van der Waals surface area contributed by atoms with Crippen molar-refractivity contribution in [2.24, 2.45) is 5.92 Å². The Hall–Kier alpha value is -5.19. The van der Waals surface area contributed by atoms with E-state index in [1.807, 2.05) is 36.5 Å². The van der Waals surface area contributed by atoms with Gasteiger partial charge in [-0.2, -0.15) is 5.26 Å². The number of amides is 2. The zero-order valence-electron chi connectivity index (χ0n) is 33.0. The summed E-state index contributed by atoms with van der Waals surface area (Å²) in [6.45, 7) is 17.5. The molecule has 2 amide bonds. The fourth-order valence-electron chi connectivity index (χ4n) is 5.27. The summed E-state index contributed by atoms with van der Waals surface area (Å²) in [5.41, 5.74) is 2.07. The van der Waals surface area contributed by atoms with Crippen LogP contribution in [0.3, 0.4) is 0 Å². The van der Waals surface area contributed by atoms with Gasteiger partial charge >= 0.3 is 12.1 Å². The molecule has 0 aliphatic rings. The average Bonchev–Trinajstić information content (AvgIpc) is 3.63. The first kappa shape index (κ1) is 44.5. The van der Waals surface area contributed by atoms with E-state index in [0.29, 0.717) is 45.6 Å². The van der Waals surface area contributed by atoms with E-state index in [-0.39, 0.29) is 48.5 Å². The molecule has 4 rings (SSSR count). The second-order valence-electron chi connectivity index (χ2n) is 14.4. The van der Waals surface area contributed by atoms with E-state index >= 15 is 0 Å². The first-order chi connectivity index (χ1) is 27.1. The molecule has 16 heteroatoms. The number of anilines is 1. The molecule has 0 saturated heterocycles. The molecule has 0 aliphatic heterocycles. The predicted octanol–water partition coefficient (Wildman–Crippen LogP) is 8.99. The summed E-state index contributed by atoms with van der Waals surface area (Å²) in [6, 6.07) is 15.5. The second-order valence-corrected chi connectivity index (χ2v) is 16.6. The van der Waals surface area contributed by atoms with Crippen LogP contribution in [-0.2, 0) is 24.8 Å². The number of hydrogen-bond donors (Lipinski definition) is 2. The Morgan fingerprint density at radius 3 is 2.35 bits per heavy atom. The van der Waals surface area contributed by atoms with Crippen LogP contribution in [0.15, 0.2) is 58.9 Å². The minimum Gasteiger partial charge on any atom is -0.490 e. The van der Waals surface area contributed by atoms with E-state index < -0.39 is 23.7 Å². The first-order valence-electron chi connectivity index (χ1n) is 18.1. The van der Waals surface area contributed by atoms with Crippen molar-refractivity contribution in [2.75, 3.05) is 39.2 Å². The van der Waals surface area contributed by atoms with Crippen molar-refractivity contribution < 1.29 is 28.6 Å². The molecule has 0 radical (unpaired) electrons. The maximum atomic E-state index is 13.1. The van der Waals surface area contributed by atoms with E-state index in [1.54, 1.807) is 71.0 Å². The Morgan fingerprint density at radius 2 is 1.74 bits per heavy atom. The molecule has 2 N–H and O–H groups in total. The number of nitriles is 1. The number of carbonyl (C=O) groups excluding carboxylic acids is 3. The lowest BCUT2D eigenvalue weighted by Crippen LogP contribution is -2.47. The van der Waals surface area contributed by atoms with E-state index in [1.165, 1.54) is 23.1 Å². The Balaban J connectivity index is 1.53. The summed E-state index contributed by atoms with van der Waals surface area (Å²) in [5.74, 6) is -0.263. The number of nitrogens with zero attached hydrogens (tertiary/aromatic N) is 5. The van der Waals surface area contributed by atoms with Crippen LogP contribution < -0.4 is 15.4 Å². The molecule has 57 heavy (non-hydrogen) atoms. The minimum absolute atomic E-state index is 0.0233. The van der Waals surface area contributed by atoms with Gasteiger partial charge in [-0.3, -0.25) is 4.79 Å². The standard InChI is InChI=1S/C41H46ClN7O6S2/c1-25(2)34(47-40(52)55-41(3,4)5)39(51)54-21-20-53-30-17-13-26(14-18-30)33-31(22-43)38(48-36(35(33)44-6)46-32(50)10-9-19-49(7)8)57-24-29-23-56-37(45-29)27-11-15-28(42)16-12-27/h11-18,23,25,34H,9-10,19-21,24H2,1-5,7-8H3,(H,47,52)(H,46,48,50)/t34-/m0/s1. The van der Waals surface area contributed by atoms with Crippen LogP contribution in [0.1, 0.15) is 58.7 Å². The third-order valence-corrected chi connectivity index (χ3v) is 10.2. The molecule has 2 aromatic heterocycles. The lowest BCUT2D eigenvalue weighted by atomic mass is 9.99. The van der Waals surface area contributed by atoms with Crippen LogP contribution in [0.4, 0.5) is 16.3 Å². The van der Waals surface area contributed by atoms with Crippen molar-refractivity contribution >= 4 is 64.2 Å². The van der Waals surface area contributed by atoms with Gasteiger partial charge in [0.05, 0.1) is 17.8 Å². The summed E-state index contributed by atoms with van der Waals surface area (Å²) in [6.07, 6.45) is 0.118. The van der Waals surface area contributed by atoms with Crippen molar-refractivity contribution in [3.05, 3.63) is 81.6 Å². The fourth-order valence-corrected chi connectivity index (χ4v) is 7.21. The molecule has 13 nitrogen and oxygen atoms in total. The monoisotopic (exact) mass is 831 g/mol. The van der Waals surface area contributed by atoms with Crippen molar-refractivity contribution in [1.82, 2.24) is 20.2 Å². The number of rotatable bonds is 17. The van der Waals surface area contributed by atoms with Gasteiger partial charge in [0.15, 0.2) is 0 Å². The van der Waals surface area contributed by atoms with Gasteiger partial charge in [-0.25, -0.2) is 24.4 Å². The van der Waals surface area contributed by atoms with Crippen molar-refractivity contribution in [3.63, 3.8) is 0 Å². The first-order valence-corrected chi connectivity index (χ1v) is 20.4. The number of nitrogens with one attached hydrogen (secondary N) is 2. The zero-order chi connectivity index (χ0) is 41.7. The van der Waals surface area contributed by atoms with Crippen molar-refractivity contribution in [2.45, 2.75) is 69.9 Å². The Kier molecular flexibility index (Phi) is 16.3. The quantitative estimate of drug-likeness (QED) is 0.0452. The van der Waals surface area contributed by atoms with Crippen LogP contribution >= 0.6 is 34.7 Å². The summed E-state index contributed by atoms with van der Waals surface area (Å²) >= 11 is 8.83. The number of esters is 1. The van der Waals surface area contributed by atoms with Gasteiger partial charge in [0, 0.05) is 33.7 Å². The molecule has 2 aromatic carbocycles. The van der Waals surface area contributed by atoms with Gasteiger partial charge in [0.25, 0.3) is 0 Å². The number of hydrogen-bond acceptors (Lipinski definition) is 12. The third-order valence-electron chi connectivity index (χ3n) is 7.96. The Labute approximate surface area is 346 Å². The fraction of sp³-hybridized carbons (Fsp3) is 0.390.